The van der Waals surface area contributed by atoms with Gasteiger partial charge in [-0.3, -0.25) is 0 Å². The van der Waals surface area contributed by atoms with Crippen LogP contribution in [0.15, 0.2) is 60.7 Å². The van der Waals surface area contributed by atoms with Gasteiger partial charge in [-0.2, -0.15) is 0 Å². The predicted molar refractivity (Wildman–Crippen MR) is 96.5 cm³/mol. The lowest BCUT2D eigenvalue weighted by Gasteiger charge is -2.21. The van der Waals surface area contributed by atoms with E-state index >= 15 is 0 Å². The van der Waals surface area contributed by atoms with Crippen LogP contribution in [0, 0.1) is 0 Å². The molecule has 0 bridgehead atoms. The quantitative estimate of drug-likeness (QED) is 0.662. The molecule has 2 aromatic carbocycles. The van der Waals surface area contributed by atoms with Gasteiger partial charge in [-0.1, -0.05) is 79.9 Å². The van der Waals surface area contributed by atoms with E-state index in [2.05, 4.69) is 24.3 Å². The van der Waals surface area contributed by atoms with Gasteiger partial charge >= 0.3 is 0 Å². The fourth-order valence-corrected chi connectivity index (χ4v) is 3.37. The van der Waals surface area contributed by atoms with Crippen LogP contribution in [0.4, 0.5) is 0 Å². The van der Waals surface area contributed by atoms with Crippen LogP contribution in [0.25, 0.3) is 22.8 Å². The number of benzene rings is 2. The van der Waals surface area contributed by atoms with Gasteiger partial charge in [-0.25, -0.2) is 15.0 Å². The lowest BCUT2D eigenvalue weighted by Crippen LogP contribution is -2.11. The summed E-state index contributed by atoms with van der Waals surface area (Å²) < 4.78 is 0. The second-order valence-electron chi connectivity index (χ2n) is 6.41. The minimum Gasteiger partial charge on any atom is -0.213 e. The molecular weight excluding hydrogens is 294 g/mol. The van der Waals surface area contributed by atoms with Gasteiger partial charge in [0.2, 0.25) is 0 Å². The summed E-state index contributed by atoms with van der Waals surface area (Å²) in [4.78, 5) is 14.4. The van der Waals surface area contributed by atoms with Crippen molar-refractivity contribution in [3.8, 4) is 22.8 Å². The molecule has 3 nitrogen and oxygen atoms in total. The molecule has 1 aromatic heterocycles. The normalized spacial score (nSPS) is 15.3. The van der Waals surface area contributed by atoms with Crippen LogP contribution in [-0.4, -0.2) is 15.0 Å². The highest BCUT2D eigenvalue weighted by molar-refractivity contribution is 5.60. The summed E-state index contributed by atoms with van der Waals surface area (Å²) in [6.45, 7) is 0. The molecule has 1 heterocycles. The van der Waals surface area contributed by atoms with Crippen molar-refractivity contribution < 1.29 is 0 Å². The summed E-state index contributed by atoms with van der Waals surface area (Å²) in [5.74, 6) is 2.99. The number of aromatic nitrogens is 3. The first-order valence-corrected chi connectivity index (χ1v) is 8.77. The minimum atomic E-state index is 0.465. The molecule has 0 amide bonds. The van der Waals surface area contributed by atoms with E-state index in [0.717, 1.165) is 28.6 Å². The third-order valence-corrected chi connectivity index (χ3v) is 4.69. The maximum atomic E-state index is 4.83. The molecular formula is C21H21N3. The van der Waals surface area contributed by atoms with Crippen molar-refractivity contribution in [1.82, 2.24) is 15.0 Å². The summed E-state index contributed by atoms with van der Waals surface area (Å²) in [7, 11) is 0. The van der Waals surface area contributed by atoms with Gasteiger partial charge in [0.05, 0.1) is 0 Å². The van der Waals surface area contributed by atoms with E-state index in [0.29, 0.717) is 5.92 Å². The molecule has 120 valence electrons. The SMILES string of the molecule is c1ccc(-c2nc(-c3ccccc3)nc(C3CCCCC3)n2)cc1. The summed E-state index contributed by atoms with van der Waals surface area (Å²) in [6, 6.07) is 20.4. The Kier molecular flexibility index (Phi) is 4.32. The second kappa shape index (κ2) is 6.91. The van der Waals surface area contributed by atoms with E-state index < -0.39 is 0 Å². The van der Waals surface area contributed by atoms with Crippen molar-refractivity contribution in [2.45, 2.75) is 38.0 Å². The van der Waals surface area contributed by atoms with Crippen molar-refractivity contribution in [2.24, 2.45) is 0 Å². The Bertz CT molecular complexity index is 736. The Hall–Kier alpha value is -2.55. The molecule has 0 unspecified atom stereocenters. The van der Waals surface area contributed by atoms with E-state index in [-0.39, 0.29) is 0 Å². The molecule has 24 heavy (non-hydrogen) atoms. The van der Waals surface area contributed by atoms with Crippen LogP contribution in [0.3, 0.4) is 0 Å². The van der Waals surface area contributed by atoms with E-state index in [1.807, 2.05) is 36.4 Å². The van der Waals surface area contributed by atoms with Crippen LogP contribution < -0.4 is 0 Å². The molecule has 0 atom stereocenters. The van der Waals surface area contributed by atoms with Crippen molar-refractivity contribution in [3.05, 3.63) is 66.5 Å². The lowest BCUT2D eigenvalue weighted by atomic mass is 9.88. The predicted octanol–water partition coefficient (Wildman–Crippen LogP) is 5.25. The van der Waals surface area contributed by atoms with Crippen LogP contribution in [-0.2, 0) is 0 Å². The maximum Gasteiger partial charge on any atom is 0.163 e. The molecule has 0 radical (unpaired) electrons. The van der Waals surface area contributed by atoms with E-state index in [1.54, 1.807) is 0 Å². The van der Waals surface area contributed by atoms with Crippen LogP contribution in [0.5, 0.6) is 0 Å². The molecule has 0 N–H and O–H groups in total. The molecule has 1 saturated carbocycles. The summed E-state index contributed by atoms with van der Waals surface area (Å²) >= 11 is 0. The fourth-order valence-electron chi connectivity index (χ4n) is 3.37. The van der Waals surface area contributed by atoms with Crippen LogP contribution in [0.2, 0.25) is 0 Å². The van der Waals surface area contributed by atoms with Gasteiger partial charge in [0.25, 0.3) is 0 Å². The molecule has 1 fully saturated rings. The Morgan fingerprint density at radius 3 is 1.58 bits per heavy atom. The second-order valence-corrected chi connectivity index (χ2v) is 6.41. The first-order valence-electron chi connectivity index (χ1n) is 8.77. The first kappa shape index (κ1) is 15.0. The monoisotopic (exact) mass is 315 g/mol. The standard InChI is InChI=1S/C21H21N3/c1-4-10-16(11-5-1)19-22-20(17-12-6-2-7-13-17)24-21(23-19)18-14-8-3-9-15-18/h1-2,4-7,10-13,18H,3,8-9,14-15H2. The summed E-state index contributed by atoms with van der Waals surface area (Å²) in [6.07, 6.45) is 6.26. The summed E-state index contributed by atoms with van der Waals surface area (Å²) in [5, 5.41) is 0. The van der Waals surface area contributed by atoms with Crippen LogP contribution in [0.1, 0.15) is 43.8 Å². The molecule has 3 aromatic rings. The van der Waals surface area contributed by atoms with Gasteiger partial charge in [0.1, 0.15) is 5.82 Å². The van der Waals surface area contributed by atoms with E-state index in [9.17, 15) is 0 Å². The first-order chi connectivity index (χ1) is 11.9. The van der Waals surface area contributed by atoms with E-state index in [4.69, 9.17) is 15.0 Å². The maximum absolute atomic E-state index is 4.83. The number of hydrogen-bond donors (Lipinski definition) is 0. The van der Waals surface area contributed by atoms with Crippen molar-refractivity contribution >= 4 is 0 Å². The molecule has 0 saturated heterocycles. The van der Waals surface area contributed by atoms with Gasteiger partial charge in [0.15, 0.2) is 11.6 Å². The van der Waals surface area contributed by atoms with Crippen LogP contribution >= 0.6 is 0 Å². The fraction of sp³-hybridized carbons (Fsp3) is 0.286. The zero-order valence-corrected chi connectivity index (χ0v) is 13.7. The Morgan fingerprint density at radius 2 is 1.08 bits per heavy atom. The van der Waals surface area contributed by atoms with E-state index in [1.165, 1.54) is 32.1 Å². The smallest absolute Gasteiger partial charge is 0.163 e. The zero-order valence-electron chi connectivity index (χ0n) is 13.7. The highest BCUT2D eigenvalue weighted by Crippen LogP contribution is 2.32. The molecule has 0 spiro atoms. The van der Waals surface area contributed by atoms with Gasteiger partial charge in [0, 0.05) is 17.0 Å². The average molecular weight is 315 g/mol. The van der Waals surface area contributed by atoms with Gasteiger partial charge in [-0.05, 0) is 12.8 Å². The number of rotatable bonds is 3. The third-order valence-electron chi connectivity index (χ3n) is 4.69. The molecule has 3 heteroatoms. The highest BCUT2D eigenvalue weighted by Gasteiger charge is 2.20. The number of nitrogens with zero attached hydrogens (tertiary/aromatic N) is 3. The lowest BCUT2D eigenvalue weighted by molar-refractivity contribution is 0.428. The highest BCUT2D eigenvalue weighted by atomic mass is 15.0. The van der Waals surface area contributed by atoms with Crippen molar-refractivity contribution in [1.29, 1.82) is 0 Å². The summed E-state index contributed by atoms with van der Waals surface area (Å²) in [5.41, 5.74) is 2.10. The molecule has 1 aliphatic rings. The Labute approximate surface area is 142 Å². The molecule has 1 aliphatic carbocycles. The minimum absolute atomic E-state index is 0.465. The number of hydrogen-bond acceptors (Lipinski definition) is 3. The topological polar surface area (TPSA) is 38.7 Å². The Balaban J connectivity index is 1.81. The van der Waals surface area contributed by atoms with Gasteiger partial charge < -0.3 is 0 Å². The molecule has 4 rings (SSSR count). The van der Waals surface area contributed by atoms with Gasteiger partial charge in [-0.15, -0.1) is 0 Å². The Morgan fingerprint density at radius 1 is 0.583 bits per heavy atom. The zero-order chi connectivity index (χ0) is 16.2. The largest absolute Gasteiger partial charge is 0.213 e. The molecule has 0 aliphatic heterocycles. The van der Waals surface area contributed by atoms with Crippen molar-refractivity contribution in [2.75, 3.05) is 0 Å². The third kappa shape index (κ3) is 3.21. The van der Waals surface area contributed by atoms with Crippen molar-refractivity contribution in [3.63, 3.8) is 0 Å². The average Bonchev–Trinajstić information content (AvgIpc) is 2.70.